The predicted molar refractivity (Wildman–Crippen MR) is 112 cm³/mol. The fraction of sp³-hybridized carbons (Fsp3) is 0.550. The van der Waals surface area contributed by atoms with Gasteiger partial charge in [-0.1, -0.05) is 12.1 Å². The number of guanidine groups is 1. The summed E-state index contributed by atoms with van der Waals surface area (Å²) in [6.45, 7) is 2.74. The number of para-hydroxylation sites is 1. The second-order valence-corrected chi connectivity index (χ2v) is 6.57. The Morgan fingerprint density at radius 1 is 1.26 bits per heavy atom. The van der Waals surface area contributed by atoms with Crippen LogP contribution in [0.25, 0.3) is 0 Å². The topological polar surface area (TPSA) is 94.8 Å². The molecule has 0 aliphatic carbocycles. The minimum absolute atomic E-state index is 0.00856. The number of alkyl halides is 2. The van der Waals surface area contributed by atoms with Crippen molar-refractivity contribution in [3.63, 3.8) is 0 Å². The average molecular weight is 440 g/mol. The molecule has 11 heteroatoms. The molecular weight excluding hydrogens is 410 g/mol. The van der Waals surface area contributed by atoms with Gasteiger partial charge in [0.1, 0.15) is 5.82 Å². The minimum atomic E-state index is -2.96. The molecule has 2 N–H and O–H groups in total. The van der Waals surface area contributed by atoms with Crippen LogP contribution >= 0.6 is 0 Å². The Labute approximate surface area is 180 Å². The molecule has 0 atom stereocenters. The van der Waals surface area contributed by atoms with Crippen molar-refractivity contribution in [2.24, 2.45) is 12.0 Å². The summed E-state index contributed by atoms with van der Waals surface area (Å²) in [5, 5.41) is 14.6. The summed E-state index contributed by atoms with van der Waals surface area (Å²) in [5.41, 5.74) is 0.485. The van der Waals surface area contributed by atoms with E-state index in [9.17, 15) is 8.78 Å². The van der Waals surface area contributed by atoms with Crippen LogP contribution in [0.2, 0.25) is 0 Å². The number of benzene rings is 1. The van der Waals surface area contributed by atoms with E-state index in [0.717, 1.165) is 18.1 Å². The fourth-order valence-corrected chi connectivity index (χ4v) is 2.71. The molecule has 1 heterocycles. The minimum Gasteiger partial charge on any atom is -0.490 e. The largest absolute Gasteiger partial charge is 0.490 e. The molecule has 0 saturated carbocycles. The maximum Gasteiger partial charge on any atom is 0.387 e. The third-order valence-corrected chi connectivity index (χ3v) is 4.39. The zero-order chi connectivity index (χ0) is 22.6. The lowest BCUT2D eigenvalue weighted by atomic mass is 10.2. The van der Waals surface area contributed by atoms with Gasteiger partial charge in [0, 0.05) is 32.9 Å². The molecule has 0 aliphatic heterocycles. The van der Waals surface area contributed by atoms with Crippen molar-refractivity contribution in [1.29, 1.82) is 0 Å². The van der Waals surface area contributed by atoms with Gasteiger partial charge in [0.05, 0.1) is 19.7 Å². The monoisotopic (exact) mass is 440 g/mol. The van der Waals surface area contributed by atoms with E-state index in [4.69, 9.17) is 14.2 Å². The first-order valence-corrected chi connectivity index (χ1v) is 10.0. The third kappa shape index (κ3) is 7.67. The number of nitrogens with zero attached hydrogens (tertiary/aromatic N) is 4. The normalized spacial score (nSPS) is 11.6. The first-order chi connectivity index (χ1) is 15.0. The number of rotatable bonds is 12. The van der Waals surface area contributed by atoms with Crippen LogP contribution < -0.4 is 20.1 Å². The number of aryl methyl sites for hydroxylation is 1. The van der Waals surface area contributed by atoms with E-state index in [1.807, 2.05) is 18.5 Å². The van der Waals surface area contributed by atoms with E-state index in [0.29, 0.717) is 37.8 Å². The van der Waals surface area contributed by atoms with Crippen LogP contribution in [-0.2, 0) is 24.9 Å². The van der Waals surface area contributed by atoms with Gasteiger partial charge in [-0.2, -0.15) is 8.78 Å². The van der Waals surface area contributed by atoms with Gasteiger partial charge >= 0.3 is 6.61 Å². The van der Waals surface area contributed by atoms with Crippen molar-refractivity contribution in [2.45, 2.75) is 40.0 Å². The molecule has 0 unspecified atom stereocenters. The lowest BCUT2D eigenvalue weighted by molar-refractivity contribution is -0.0520. The summed E-state index contributed by atoms with van der Waals surface area (Å²) >= 11 is 0. The number of ether oxygens (including phenoxy) is 3. The van der Waals surface area contributed by atoms with Crippen LogP contribution in [0.15, 0.2) is 23.2 Å². The highest BCUT2D eigenvalue weighted by Crippen LogP contribution is 2.33. The molecule has 9 nitrogen and oxygen atoms in total. The molecule has 0 amide bonds. The number of hydrogen-bond acceptors (Lipinski definition) is 6. The number of aliphatic imine (C=N–C) groups is 1. The molecule has 0 spiro atoms. The first kappa shape index (κ1) is 24.3. The molecule has 2 aromatic rings. The van der Waals surface area contributed by atoms with Crippen molar-refractivity contribution < 1.29 is 23.0 Å². The zero-order valence-electron chi connectivity index (χ0n) is 18.3. The van der Waals surface area contributed by atoms with Crippen LogP contribution in [0.5, 0.6) is 11.5 Å². The third-order valence-electron chi connectivity index (χ3n) is 4.39. The summed E-state index contributed by atoms with van der Waals surface area (Å²) in [6.07, 6.45) is 0.778. The van der Waals surface area contributed by atoms with E-state index in [1.165, 1.54) is 0 Å². The fourth-order valence-electron chi connectivity index (χ4n) is 2.71. The van der Waals surface area contributed by atoms with Crippen LogP contribution in [0.3, 0.4) is 0 Å². The second kappa shape index (κ2) is 12.7. The highest BCUT2D eigenvalue weighted by Gasteiger charge is 2.16. The number of methoxy groups -OCH3 is 1. The summed E-state index contributed by atoms with van der Waals surface area (Å²) in [6, 6.07) is 4.99. The predicted octanol–water partition coefficient (Wildman–Crippen LogP) is 2.40. The van der Waals surface area contributed by atoms with Gasteiger partial charge in [0.2, 0.25) is 0 Å². The number of halogens is 2. The molecule has 31 heavy (non-hydrogen) atoms. The van der Waals surface area contributed by atoms with E-state index >= 15 is 0 Å². The quantitative estimate of drug-likeness (QED) is 0.297. The van der Waals surface area contributed by atoms with Gasteiger partial charge in [-0.25, -0.2) is 4.99 Å². The van der Waals surface area contributed by atoms with Gasteiger partial charge in [0.15, 0.2) is 23.3 Å². The molecule has 0 fully saturated rings. The maximum absolute atomic E-state index is 12.9. The van der Waals surface area contributed by atoms with Crippen molar-refractivity contribution in [2.75, 3.05) is 26.9 Å². The highest BCUT2D eigenvalue weighted by atomic mass is 19.3. The zero-order valence-corrected chi connectivity index (χ0v) is 18.3. The van der Waals surface area contributed by atoms with Crippen LogP contribution in [-0.4, -0.2) is 54.2 Å². The maximum atomic E-state index is 12.9. The molecule has 1 aromatic carbocycles. The van der Waals surface area contributed by atoms with Crippen LogP contribution in [0.4, 0.5) is 8.78 Å². The van der Waals surface area contributed by atoms with E-state index in [1.54, 1.807) is 32.2 Å². The van der Waals surface area contributed by atoms with Crippen molar-refractivity contribution >= 4 is 5.96 Å². The Kier molecular flexibility index (Phi) is 9.95. The molecule has 0 saturated heterocycles. The van der Waals surface area contributed by atoms with Crippen molar-refractivity contribution in [1.82, 2.24) is 25.4 Å². The number of nitrogens with one attached hydrogen (secondary N) is 2. The van der Waals surface area contributed by atoms with Gasteiger partial charge < -0.3 is 29.4 Å². The Morgan fingerprint density at radius 3 is 2.71 bits per heavy atom. The van der Waals surface area contributed by atoms with Crippen LogP contribution in [0.1, 0.15) is 30.6 Å². The number of aromatic nitrogens is 3. The molecule has 172 valence electrons. The van der Waals surface area contributed by atoms with Crippen LogP contribution in [0, 0.1) is 6.92 Å². The van der Waals surface area contributed by atoms with E-state index < -0.39 is 6.61 Å². The van der Waals surface area contributed by atoms with Gasteiger partial charge in [-0.3, -0.25) is 0 Å². The molecule has 0 radical (unpaired) electrons. The standard InChI is InChI=1S/C20H30F2N6O3/c1-5-30-16-9-6-8-15(18(16)31-19(21)22)12-24-20(23-10-7-11-29-4)25-13-17-27-26-14(2)28(17)3/h6,8-9,19H,5,7,10-13H2,1-4H3,(H2,23,24,25). The van der Waals surface area contributed by atoms with Gasteiger partial charge in [-0.05, 0) is 26.3 Å². The number of hydrogen-bond donors (Lipinski definition) is 2. The summed E-state index contributed by atoms with van der Waals surface area (Å²) in [4.78, 5) is 4.53. The molecule has 1 aromatic heterocycles. The molecule has 2 rings (SSSR count). The Bertz CT molecular complexity index is 844. The van der Waals surface area contributed by atoms with Gasteiger partial charge in [-0.15, -0.1) is 10.2 Å². The Balaban J connectivity index is 2.17. The smallest absolute Gasteiger partial charge is 0.387 e. The Morgan fingerprint density at radius 2 is 2.06 bits per heavy atom. The second-order valence-electron chi connectivity index (χ2n) is 6.57. The van der Waals surface area contributed by atoms with Crippen molar-refractivity contribution in [3.05, 3.63) is 35.4 Å². The summed E-state index contributed by atoms with van der Waals surface area (Å²) in [7, 11) is 3.52. The van der Waals surface area contributed by atoms with E-state index in [-0.39, 0.29) is 18.0 Å². The Hall–Kier alpha value is -2.95. The SMILES string of the molecule is CCOc1cccc(CN=C(NCCCOC)NCc2nnc(C)n2C)c1OC(F)F. The van der Waals surface area contributed by atoms with Crippen molar-refractivity contribution in [3.8, 4) is 11.5 Å². The molecule has 0 aliphatic rings. The lowest BCUT2D eigenvalue weighted by Gasteiger charge is -2.16. The lowest BCUT2D eigenvalue weighted by Crippen LogP contribution is -2.38. The molecule has 0 bridgehead atoms. The summed E-state index contributed by atoms with van der Waals surface area (Å²) < 4.78 is 43.0. The average Bonchev–Trinajstić information content (AvgIpc) is 3.06. The highest BCUT2D eigenvalue weighted by molar-refractivity contribution is 5.79. The molecular formula is C20H30F2N6O3. The van der Waals surface area contributed by atoms with E-state index in [2.05, 4.69) is 25.8 Å². The first-order valence-electron chi connectivity index (χ1n) is 10.0. The van der Waals surface area contributed by atoms with Gasteiger partial charge in [0.25, 0.3) is 0 Å². The summed E-state index contributed by atoms with van der Waals surface area (Å²) in [5.74, 6) is 2.29.